The number of nitrogens with zero attached hydrogens (tertiary/aromatic N) is 1. The molecule has 0 radical (unpaired) electrons. The molecule has 0 atom stereocenters. The monoisotopic (exact) mass is 402 g/mol. The molecule has 29 heavy (non-hydrogen) atoms. The fourth-order valence-corrected chi connectivity index (χ4v) is 3.62. The highest BCUT2D eigenvalue weighted by Crippen LogP contribution is 2.37. The van der Waals surface area contributed by atoms with Gasteiger partial charge in [0.15, 0.2) is 0 Å². The van der Waals surface area contributed by atoms with Crippen LogP contribution >= 0.6 is 0 Å². The first-order valence-corrected chi connectivity index (χ1v) is 10.5. The number of esters is 1. The highest BCUT2D eigenvalue weighted by Gasteiger charge is 2.52. The van der Waals surface area contributed by atoms with Crippen molar-refractivity contribution in [2.75, 3.05) is 31.1 Å². The molecule has 1 aromatic carbocycles. The Hall–Kier alpha value is -1.57. The number of piperazine rings is 1. The Balaban J connectivity index is 2.04. The quantitative estimate of drug-likeness (QED) is 0.620. The molecule has 0 aromatic heterocycles. The van der Waals surface area contributed by atoms with E-state index >= 15 is 0 Å². The van der Waals surface area contributed by atoms with Gasteiger partial charge in [0, 0.05) is 31.9 Å². The third-order valence-corrected chi connectivity index (χ3v) is 6.00. The van der Waals surface area contributed by atoms with Crippen LogP contribution in [0.5, 0.6) is 0 Å². The van der Waals surface area contributed by atoms with E-state index in [1.54, 1.807) is 0 Å². The minimum Gasteiger partial charge on any atom is -0.456 e. The predicted octanol–water partition coefficient (Wildman–Crippen LogP) is 2.66. The molecule has 0 bridgehead atoms. The molecule has 3 rings (SSSR count). The minimum atomic E-state index is -0.556. The van der Waals surface area contributed by atoms with Crippen LogP contribution in [0.25, 0.3) is 0 Å². The summed E-state index contributed by atoms with van der Waals surface area (Å²) in [5, 5.41) is 3.38. The molecule has 6 nitrogen and oxygen atoms in total. The number of anilines is 1. The summed E-state index contributed by atoms with van der Waals surface area (Å²) in [6.45, 7) is 19.4. The number of hydrogen-bond donors (Lipinski definition) is 1. The lowest BCUT2D eigenvalue weighted by molar-refractivity contribution is 0.00578. The number of carbonyl (C=O) groups excluding carboxylic acids is 1. The van der Waals surface area contributed by atoms with Gasteiger partial charge < -0.3 is 24.3 Å². The number of carbonyl (C=O) groups is 1. The molecule has 7 heteroatoms. The summed E-state index contributed by atoms with van der Waals surface area (Å²) < 4.78 is 18.2. The third kappa shape index (κ3) is 4.62. The van der Waals surface area contributed by atoms with E-state index in [2.05, 4.69) is 16.3 Å². The Bertz CT molecular complexity index is 764. The molecule has 0 spiro atoms. The lowest BCUT2D eigenvalue weighted by Gasteiger charge is -2.32. The lowest BCUT2D eigenvalue weighted by Crippen LogP contribution is -2.45. The van der Waals surface area contributed by atoms with E-state index in [0.717, 1.165) is 42.9 Å². The topological polar surface area (TPSA) is 60.0 Å². The molecule has 1 N–H and O–H groups in total. The van der Waals surface area contributed by atoms with E-state index in [4.69, 9.17) is 14.0 Å². The molecule has 0 unspecified atom stereocenters. The smallest absolute Gasteiger partial charge is 0.456 e. The average molecular weight is 402 g/mol. The summed E-state index contributed by atoms with van der Waals surface area (Å²) in [4.78, 5) is 15.3. The van der Waals surface area contributed by atoms with E-state index in [-0.39, 0.29) is 5.97 Å². The normalized spacial score (nSPS) is 21.4. The SMILES string of the molecule is Cc1c(C(=O)OC(C)(C)C)cc(B2OC(C)(C)C(C)(C)O2)cc1N1CCNCC1. The first kappa shape index (κ1) is 22.1. The van der Waals surface area contributed by atoms with Crippen molar-refractivity contribution in [3.63, 3.8) is 0 Å². The van der Waals surface area contributed by atoms with Crippen molar-refractivity contribution >= 4 is 24.2 Å². The molecule has 0 aliphatic carbocycles. The standard InChI is InChI=1S/C22H35BN2O4/c1-15-17(19(26)27-20(2,3)4)13-16(14-18(15)25-11-9-24-10-12-25)23-28-21(5,6)22(7,8)29-23/h13-14,24H,9-12H2,1-8H3. The van der Waals surface area contributed by atoms with Crippen LogP contribution in [-0.4, -0.2) is 56.1 Å². The Labute approximate surface area is 175 Å². The molecule has 0 saturated carbocycles. The van der Waals surface area contributed by atoms with Crippen LogP contribution in [-0.2, 0) is 14.0 Å². The first-order valence-electron chi connectivity index (χ1n) is 10.5. The number of ether oxygens (including phenoxy) is 1. The van der Waals surface area contributed by atoms with Crippen LogP contribution in [0.3, 0.4) is 0 Å². The number of rotatable bonds is 3. The second-order valence-electron chi connectivity index (χ2n) is 10.0. The molecule has 2 heterocycles. The van der Waals surface area contributed by atoms with Gasteiger partial charge in [-0.1, -0.05) is 0 Å². The van der Waals surface area contributed by atoms with E-state index in [0.29, 0.717) is 5.56 Å². The Kier molecular flexibility index (Phi) is 5.80. The van der Waals surface area contributed by atoms with E-state index in [9.17, 15) is 4.79 Å². The predicted molar refractivity (Wildman–Crippen MR) is 117 cm³/mol. The maximum absolute atomic E-state index is 13.0. The highest BCUT2D eigenvalue weighted by molar-refractivity contribution is 6.62. The van der Waals surface area contributed by atoms with E-state index in [1.807, 2.05) is 61.5 Å². The van der Waals surface area contributed by atoms with Crippen molar-refractivity contribution in [3.05, 3.63) is 23.3 Å². The lowest BCUT2D eigenvalue weighted by atomic mass is 9.77. The van der Waals surface area contributed by atoms with Gasteiger partial charge in [0.05, 0.1) is 16.8 Å². The average Bonchev–Trinajstić information content (AvgIpc) is 2.82. The van der Waals surface area contributed by atoms with Gasteiger partial charge in [-0.25, -0.2) is 4.79 Å². The van der Waals surface area contributed by atoms with Crippen molar-refractivity contribution in [2.24, 2.45) is 0 Å². The van der Waals surface area contributed by atoms with Gasteiger partial charge in [-0.05, 0) is 78.5 Å². The summed E-state index contributed by atoms with van der Waals surface area (Å²) >= 11 is 0. The zero-order chi connectivity index (χ0) is 21.6. The van der Waals surface area contributed by atoms with Crippen LogP contribution in [0.4, 0.5) is 5.69 Å². The van der Waals surface area contributed by atoms with E-state index < -0.39 is 23.9 Å². The fourth-order valence-electron chi connectivity index (χ4n) is 3.62. The van der Waals surface area contributed by atoms with Gasteiger partial charge in [-0.2, -0.15) is 0 Å². The molecule has 2 fully saturated rings. The highest BCUT2D eigenvalue weighted by atomic mass is 16.7. The Morgan fingerprint density at radius 1 is 1.10 bits per heavy atom. The van der Waals surface area contributed by atoms with Crippen LogP contribution in [0.15, 0.2) is 12.1 Å². The molecular weight excluding hydrogens is 367 g/mol. The molecule has 1 aromatic rings. The van der Waals surface area contributed by atoms with Gasteiger partial charge in [0.1, 0.15) is 5.60 Å². The van der Waals surface area contributed by atoms with Crippen LogP contribution in [0.2, 0.25) is 0 Å². The van der Waals surface area contributed by atoms with Crippen molar-refractivity contribution in [1.82, 2.24) is 5.32 Å². The zero-order valence-electron chi connectivity index (χ0n) is 19.1. The van der Waals surface area contributed by atoms with Gasteiger partial charge >= 0.3 is 13.1 Å². The van der Waals surface area contributed by atoms with Gasteiger partial charge in [-0.15, -0.1) is 0 Å². The molecule has 2 aliphatic rings. The van der Waals surface area contributed by atoms with Crippen LogP contribution in [0, 0.1) is 6.92 Å². The largest absolute Gasteiger partial charge is 0.494 e. The van der Waals surface area contributed by atoms with Gasteiger partial charge in [-0.3, -0.25) is 0 Å². The Morgan fingerprint density at radius 3 is 2.17 bits per heavy atom. The number of nitrogens with one attached hydrogen (secondary N) is 1. The van der Waals surface area contributed by atoms with E-state index in [1.165, 1.54) is 0 Å². The second-order valence-corrected chi connectivity index (χ2v) is 10.0. The summed E-state index contributed by atoms with van der Waals surface area (Å²) in [5.41, 5.74) is 1.96. The second kappa shape index (κ2) is 7.60. The molecule has 160 valence electrons. The van der Waals surface area contributed by atoms with Crippen LogP contribution in [0.1, 0.15) is 64.4 Å². The maximum atomic E-state index is 13.0. The summed E-state index contributed by atoms with van der Waals surface area (Å²) in [6, 6.07) is 3.98. The van der Waals surface area contributed by atoms with Gasteiger partial charge in [0.2, 0.25) is 0 Å². The summed E-state index contributed by atoms with van der Waals surface area (Å²) in [5.74, 6) is -0.315. The number of hydrogen-bond acceptors (Lipinski definition) is 6. The molecule has 2 saturated heterocycles. The third-order valence-electron chi connectivity index (χ3n) is 6.00. The number of benzene rings is 1. The van der Waals surface area contributed by atoms with Gasteiger partial charge in [0.25, 0.3) is 0 Å². The minimum absolute atomic E-state index is 0.315. The van der Waals surface area contributed by atoms with Crippen molar-refractivity contribution in [2.45, 2.75) is 72.2 Å². The summed E-state index contributed by atoms with van der Waals surface area (Å²) in [6.07, 6.45) is 0. The molecular formula is C22H35BN2O4. The van der Waals surface area contributed by atoms with Crippen molar-refractivity contribution in [3.8, 4) is 0 Å². The van der Waals surface area contributed by atoms with Crippen molar-refractivity contribution in [1.29, 1.82) is 0 Å². The first-order chi connectivity index (χ1) is 13.3. The Morgan fingerprint density at radius 2 is 1.66 bits per heavy atom. The molecule has 0 amide bonds. The summed E-state index contributed by atoms with van der Waals surface area (Å²) in [7, 11) is -0.525. The zero-order valence-corrected chi connectivity index (χ0v) is 19.1. The maximum Gasteiger partial charge on any atom is 0.494 e. The van der Waals surface area contributed by atoms with Crippen LogP contribution < -0.4 is 15.7 Å². The molecule has 2 aliphatic heterocycles. The van der Waals surface area contributed by atoms with Crippen molar-refractivity contribution < 1.29 is 18.8 Å². The fraction of sp³-hybridized carbons (Fsp3) is 0.682.